The average Bonchev–Trinajstić information content (AvgIpc) is 3.60. The van der Waals surface area contributed by atoms with Crippen molar-refractivity contribution in [2.75, 3.05) is 10.0 Å². The fourth-order valence-electron chi connectivity index (χ4n) is 3.35. The molecular formula is C24H19F3N4O3S2. The fourth-order valence-corrected chi connectivity index (χ4v) is 5.03. The van der Waals surface area contributed by atoms with E-state index in [1.165, 1.54) is 40.5 Å². The minimum Gasteiger partial charge on any atom is -0.444 e. The number of nitrogens with one attached hydrogen (secondary N) is 2. The molecule has 5 rings (SSSR count). The molecule has 0 radical (unpaired) electrons. The van der Waals surface area contributed by atoms with E-state index in [1.807, 2.05) is 30.3 Å². The van der Waals surface area contributed by atoms with Crippen LogP contribution >= 0.6 is 11.3 Å². The van der Waals surface area contributed by atoms with Gasteiger partial charge in [0.25, 0.3) is 0 Å². The van der Waals surface area contributed by atoms with Crippen molar-refractivity contribution in [3.8, 4) is 22.1 Å². The highest BCUT2D eigenvalue weighted by Gasteiger charge is 2.46. The summed E-state index contributed by atoms with van der Waals surface area (Å²) < 4.78 is 68.6. The van der Waals surface area contributed by atoms with Gasteiger partial charge in [-0.15, -0.1) is 0 Å². The number of pyridine rings is 1. The zero-order valence-corrected chi connectivity index (χ0v) is 20.1. The largest absolute Gasteiger partial charge is 0.516 e. The zero-order chi connectivity index (χ0) is 25.3. The lowest BCUT2D eigenvalue weighted by atomic mass is 10.2. The molecule has 1 aliphatic carbocycles. The van der Waals surface area contributed by atoms with Gasteiger partial charge >= 0.3 is 15.5 Å². The second kappa shape index (κ2) is 9.43. The normalized spacial score (nSPS) is 13.9. The number of nitrogens with zero attached hydrogens (tertiary/aromatic N) is 2. The number of hydrogen-bond donors (Lipinski definition) is 2. The third-order valence-corrected chi connectivity index (χ3v) is 7.43. The molecule has 0 unspecified atom stereocenters. The molecule has 12 heteroatoms. The van der Waals surface area contributed by atoms with E-state index in [0.717, 1.165) is 29.1 Å². The molecule has 0 bridgehead atoms. The number of thiazole rings is 1. The van der Waals surface area contributed by atoms with Gasteiger partial charge in [0.15, 0.2) is 0 Å². The highest BCUT2D eigenvalue weighted by molar-refractivity contribution is 7.93. The van der Waals surface area contributed by atoms with Crippen LogP contribution in [0.4, 0.5) is 30.4 Å². The summed E-state index contributed by atoms with van der Waals surface area (Å²) in [6, 6.07) is 18.5. The first-order valence-corrected chi connectivity index (χ1v) is 13.1. The highest BCUT2D eigenvalue weighted by Crippen LogP contribution is 2.48. The van der Waals surface area contributed by atoms with Crippen LogP contribution in [0.5, 0.6) is 10.8 Å². The van der Waals surface area contributed by atoms with Crippen molar-refractivity contribution in [3.63, 3.8) is 0 Å². The van der Waals surface area contributed by atoms with Gasteiger partial charge in [-0.1, -0.05) is 47.7 Å². The van der Waals surface area contributed by atoms with Crippen LogP contribution in [0.3, 0.4) is 0 Å². The molecule has 1 fully saturated rings. The Bertz CT molecular complexity index is 1490. The molecule has 2 heterocycles. The molecular weight excluding hydrogens is 513 g/mol. The summed E-state index contributed by atoms with van der Waals surface area (Å²) in [5, 5.41) is 4.65. The summed E-state index contributed by atoms with van der Waals surface area (Å²) in [7, 11) is -5.53. The number of alkyl halides is 3. The number of hydrogen-bond acceptors (Lipinski definition) is 7. The number of aromatic nitrogens is 2. The molecule has 2 aromatic heterocycles. The standard InChI is InChI=1S/C24H19F3N4O3S2/c25-24(26,27)36(32,33)31-18-8-4-7-17(13-18)29-20-14-19(11-12-28-20)34-23-21(15-5-2-1-3-6-15)30-22(35-23)16-9-10-16/h1-8,11-14,16,31H,9-10H2,(H,28,29). The lowest BCUT2D eigenvalue weighted by molar-refractivity contribution is -0.0429. The summed E-state index contributed by atoms with van der Waals surface area (Å²) in [4.78, 5) is 9.03. The lowest BCUT2D eigenvalue weighted by Gasteiger charge is -2.12. The van der Waals surface area contributed by atoms with Crippen molar-refractivity contribution < 1.29 is 26.3 Å². The van der Waals surface area contributed by atoms with E-state index in [0.29, 0.717) is 28.2 Å². The molecule has 0 saturated heterocycles. The molecule has 4 aromatic rings. The molecule has 1 aliphatic rings. The van der Waals surface area contributed by atoms with E-state index in [-0.39, 0.29) is 5.69 Å². The summed E-state index contributed by atoms with van der Waals surface area (Å²) in [5.41, 5.74) is -3.62. The first-order valence-electron chi connectivity index (χ1n) is 10.8. The van der Waals surface area contributed by atoms with Crippen LogP contribution in [0.15, 0.2) is 72.9 Å². The van der Waals surface area contributed by atoms with Gasteiger partial charge in [0.2, 0.25) is 5.06 Å². The van der Waals surface area contributed by atoms with Crippen molar-refractivity contribution in [1.29, 1.82) is 0 Å². The quantitative estimate of drug-likeness (QED) is 0.257. The second-order valence-electron chi connectivity index (χ2n) is 8.06. The molecule has 7 nitrogen and oxygen atoms in total. The number of ether oxygens (including phenoxy) is 1. The van der Waals surface area contributed by atoms with Crippen LogP contribution < -0.4 is 14.8 Å². The van der Waals surface area contributed by atoms with Gasteiger partial charge in [-0.25, -0.2) is 9.97 Å². The fraction of sp³-hybridized carbons (Fsp3) is 0.167. The van der Waals surface area contributed by atoms with Gasteiger partial charge < -0.3 is 10.1 Å². The number of anilines is 3. The molecule has 186 valence electrons. The van der Waals surface area contributed by atoms with Crippen molar-refractivity contribution in [1.82, 2.24) is 9.97 Å². The van der Waals surface area contributed by atoms with E-state index in [4.69, 9.17) is 9.72 Å². The first kappa shape index (κ1) is 24.1. The summed E-state index contributed by atoms with van der Waals surface area (Å²) in [6.45, 7) is 0. The molecule has 2 N–H and O–H groups in total. The SMILES string of the molecule is O=S(=O)(Nc1cccc(Nc2cc(Oc3sc(C4CC4)nc3-c3ccccc3)ccn2)c1)C(F)(F)F. The molecule has 0 amide bonds. The average molecular weight is 533 g/mol. The van der Waals surface area contributed by atoms with E-state index in [9.17, 15) is 21.6 Å². The third kappa shape index (κ3) is 5.44. The Morgan fingerprint density at radius 1 is 0.972 bits per heavy atom. The van der Waals surface area contributed by atoms with Crippen molar-refractivity contribution in [3.05, 3.63) is 77.9 Å². The van der Waals surface area contributed by atoms with Crippen LogP contribution in [0, 0.1) is 0 Å². The maximum atomic E-state index is 12.7. The number of halogens is 3. The van der Waals surface area contributed by atoms with Crippen LogP contribution in [-0.2, 0) is 10.0 Å². The third-order valence-electron chi connectivity index (χ3n) is 5.22. The molecule has 0 atom stereocenters. The van der Waals surface area contributed by atoms with Crippen molar-refractivity contribution >= 4 is 38.6 Å². The van der Waals surface area contributed by atoms with Crippen LogP contribution in [0.25, 0.3) is 11.3 Å². The Hall–Kier alpha value is -3.64. The first-order chi connectivity index (χ1) is 17.2. The topological polar surface area (TPSA) is 93.2 Å². The van der Waals surface area contributed by atoms with E-state index in [1.54, 1.807) is 18.2 Å². The van der Waals surface area contributed by atoms with Gasteiger partial charge in [-0.3, -0.25) is 4.72 Å². The minimum atomic E-state index is -5.53. The smallest absolute Gasteiger partial charge is 0.444 e. The number of rotatable bonds is 8. The van der Waals surface area contributed by atoms with Gasteiger partial charge in [0.05, 0.1) is 5.69 Å². The van der Waals surface area contributed by atoms with Gasteiger partial charge in [0.1, 0.15) is 22.3 Å². The van der Waals surface area contributed by atoms with E-state index >= 15 is 0 Å². The maximum absolute atomic E-state index is 12.7. The van der Waals surface area contributed by atoms with Crippen LogP contribution in [0.2, 0.25) is 0 Å². The molecule has 0 aliphatic heterocycles. The maximum Gasteiger partial charge on any atom is 0.516 e. The lowest BCUT2D eigenvalue weighted by Crippen LogP contribution is -2.29. The molecule has 36 heavy (non-hydrogen) atoms. The van der Waals surface area contributed by atoms with Gasteiger partial charge in [-0.05, 0) is 37.1 Å². The Morgan fingerprint density at radius 2 is 1.72 bits per heavy atom. The highest BCUT2D eigenvalue weighted by atomic mass is 32.2. The Morgan fingerprint density at radius 3 is 2.44 bits per heavy atom. The van der Waals surface area contributed by atoms with Gasteiger partial charge in [0, 0.05) is 29.4 Å². The second-order valence-corrected chi connectivity index (χ2v) is 10.7. The van der Waals surface area contributed by atoms with Crippen molar-refractivity contribution in [2.45, 2.75) is 24.3 Å². The Kier molecular flexibility index (Phi) is 6.31. The molecule has 0 spiro atoms. The minimum absolute atomic E-state index is 0.241. The predicted molar refractivity (Wildman–Crippen MR) is 132 cm³/mol. The van der Waals surface area contributed by atoms with Crippen LogP contribution in [0.1, 0.15) is 23.8 Å². The van der Waals surface area contributed by atoms with Crippen molar-refractivity contribution in [2.24, 2.45) is 0 Å². The van der Waals surface area contributed by atoms with Crippen LogP contribution in [-0.4, -0.2) is 23.9 Å². The Labute approximate surface area is 209 Å². The zero-order valence-electron chi connectivity index (χ0n) is 18.5. The molecule has 2 aromatic carbocycles. The van der Waals surface area contributed by atoms with E-state index in [2.05, 4.69) is 10.3 Å². The summed E-state index contributed by atoms with van der Waals surface area (Å²) in [5.74, 6) is 1.31. The molecule has 1 saturated carbocycles. The number of sulfonamides is 1. The van der Waals surface area contributed by atoms with Gasteiger partial charge in [-0.2, -0.15) is 21.6 Å². The van der Waals surface area contributed by atoms with E-state index < -0.39 is 15.5 Å². The predicted octanol–water partition coefficient (Wildman–Crippen LogP) is 6.88. The summed E-state index contributed by atoms with van der Waals surface area (Å²) in [6.07, 6.45) is 3.75. The summed E-state index contributed by atoms with van der Waals surface area (Å²) >= 11 is 1.51. The Balaban J connectivity index is 1.36. The number of benzene rings is 2. The monoisotopic (exact) mass is 532 g/mol.